The molecule has 0 aliphatic rings. The summed E-state index contributed by atoms with van der Waals surface area (Å²) in [7, 11) is -5.39. The second-order valence-electron chi connectivity index (χ2n) is 0.447. The average molecular weight is 167 g/mol. The minimum atomic E-state index is -5.39. The summed E-state index contributed by atoms with van der Waals surface area (Å²) >= 11 is 0. The van der Waals surface area contributed by atoms with Crippen LogP contribution in [0.25, 0.3) is 0 Å². The van der Waals surface area contributed by atoms with Crippen LogP contribution in [0.5, 0.6) is 0 Å². The van der Waals surface area contributed by atoms with Crippen molar-refractivity contribution >= 4 is 7.82 Å². The van der Waals surface area contributed by atoms with E-state index in [1.165, 1.54) is 0 Å². The first-order valence-corrected chi connectivity index (χ1v) is 2.19. The molecule has 0 radical (unpaired) electrons. The average Bonchev–Trinajstić information content (AvgIpc) is 0.722. The molecule has 32 valence electrons. The quantitative estimate of drug-likeness (QED) is 0.266. The molecule has 7 heteroatoms. The Hall–Kier alpha value is 1.33. The van der Waals surface area contributed by atoms with Gasteiger partial charge in [0.25, 0.3) is 0 Å². The Morgan fingerprint density at radius 1 is 1.14 bits per heavy atom. The molecular weight excluding hydrogens is 167 g/mol. The van der Waals surface area contributed by atoms with Gasteiger partial charge in [0.1, 0.15) is 0 Å². The van der Waals surface area contributed by atoms with Crippen molar-refractivity contribution in [1.29, 1.82) is 0 Å². The van der Waals surface area contributed by atoms with Gasteiger partial charge in [0.2, 0.25) is 0 Å². The second kappa shape index (κ2) is 5.47. The van der Waals surface area contributed by atoms with Gasteiger partial charge in [0.05, 0.1) is 0 Å². The molecule has 0 aliphatic heterocycles. The van der Waals surface area contributed by atoms with Crippen LogP contribution in [-0.2, 0) is 24.0 Å². The fraction of sp³-hybridized carbons (Fsp3) is 0. The summed E-state index contributed by atoms with van der Waals surface area (Å²) in [5, 5.41) is 0. The van der Waals surface area contributed by atoms with Crippen molar-refractivity contribution in [2.24, 2.45) is 0 Å². The molecule has 0 aromatic rings. The molecular formula is LiO4PZn. The second-order valence-corrected chi connectivity index (χ2v) is 1.34. The summed E-state index contributed by atoms with van der Waals surface area (Å²) < 4.78 is 8.55. The van der Waals surface area contributed by atoms with E-state index in [-0.39, 0.29) is 38.3 Å². The SMILES string of the molecule is O=P([O-])([O-])[O-].[Li+].[Zn+2]. The van der Waals surface area contributed by atoms with Gasteiger partial charge in [-0.3, -0.25) is 0 Å². The summed E-state index contributed by atoms with van der Waals surface area (Å²) in [6.45, 7) is 0. The van der Waals surface area contributed by atoms with E-state index >= 15 is 0 Å². The molecule has 0 unspecified atom stereocenters. The molecule has 4 nitrogen and oxygen atoms in total. The van der Waals surface area contributed by atoms with E-state index in [1.807, 2.05) is 0 Å². The van der Waals surface area contributed by atoms with E-state index in [4.69, 9.17) is 19.2 Å². The Bertz CT molecular complexity index is 57.8. The molecule has 0 amide bonds. The van der Waals surface area contributed by atoms with E-state index in [2.05, 4.69) is 0 Å². The maximum absolute atomic E-state index is 8.55. The van der Waals surface area contributed by atoms with Gasteiger partial charge >= 0.3 is 38.3 Å². The van der Waals surface area contributed by atoms with Crippen LogP contribution in [0, 0.1) is 0 Å². The van der Waals surface area contributed by atoms with Gasteiger partial charge in [0.15, 0.2) is 0 Å². The summed E-state index contributed by atoms with van der Waals surface area (Å²) in [5.74, 6) is 0. The summed E-state index contributed by atoms with van der Waals surface area (Å²) in [6.07, 6.45) is 0. The molecule has 0 saturated heterocycles. The van der Waals surface area contributed by atoms with Gasteiger partial charge in [-0.1, -0.05) is 0 Å². The molecule has 0 aromatic carbocycles. The first kappa shape index (κ1) is 15.8. The fourth-order valence-corrected chi connectivity index (χ4v) is 0. The number of rotatable bonds is 0. The molecule has 0 bridgehead atoms. The minimum absolute atomic E-state index is 0. The Kier molecular flexibility index (Phi) is 12.3. The van der Waals surface area contributed by atoms with E-state index in [1.54, 1.807) is 0 Å². The van der Waals surface area contributed by atoms with Crippen LogP contribution in [0.15, 0.2) is 0 Å². The zero-order valence-electron chi connectivity index (χ0n) is 3.79. The topological polar surface area (TPSA) is 86.2 Å². The van der Waals surface area contributed by atoms with Crippen LogP contribution in [0.2, 0.25) is 0 Å². The monoisotopic (exact) mass is 166 g/mol. The summed E-state index contributed by atoms with van der Waals surface area (Å²) in [4.78, 5) is 25.6. The van der Waals surface area contributed by atoms with Crippen molar-refractivity contribution in [3.8, 4) is 0 Å². The Balaban J connectivity index is -0.0000000800. The van der Waals surface area contributed by atoms with Crippen LogP contribution < -0.4 is 33.5 Å². The van der Waals surface area contributed by atoms with E-state index in [9.17, 15) is 0 Å². The predicted octanol–water partition coefficient (Wildman–Crippen LogP) is -5.82. The zero-order chi connectivity index (χ0) is 4.50. The van der Waals surface area contributed by atoms with Crippen LogP contribution in [0.3, 0.4) is 0 Å². The number of hydrogen-bond acceptors (Lipinski definition) is 4. The number of phosphoric acid groups is 1. The Morgan fingerprint density at radius 2 is 1.14 bits per heavy atom. The fourth-order valence-electron chi connectivity index (χ4n) is 0. The molecule has 7 heavy (non-hydrogen) atoms. The molecule has 0 spiro atoms. The van der Waals surface area contributed by atoms with Gasteiger partial charge in [-0.05, 0) is 0 Å². The van der Waals surface area contributed by atoms with Crippen molar-refractivity contribution in [3.05, 3.63) is 0 Å². The molecule has 0 atom stereocenters. The van der Waals surface area contributed by atoms with Gasteiger partial charge in [-0.15, -0.1) is 0 Å². The van der Waals surface area contributed by atoms with Gasteiger partial charge < -0.3 is 19.2 Å². The van der Waals surface area contributed by atoms with Crippen molar-refractivity contribution in [3.63, 3.8) is 0 Å². The molecule has 0 heterocycles. The Morgan fingerprint density at radius 3 is 1.14 bits per heavy atom. The molecule has 0 fully saturated rings. The third-order valence-electron chi connectivity index (χ3n) is 0. The molecule has 0 aliphatic carbocycles. The van der Waals surface area contributed by atoms with Crippen LogP contribution >= 0.6 is 7.82 Å². The van der Waals surface area contributed by atoms with Crippen LogP contribution in [-0.4, -0.2) is 0 Å². The van der Waals surface area contributed by atoms with E-state index < -0.39 is 7.82 Å². The van der Waals surface area contributed by atoms with Crippen molar-refractivity contribution in [2.45, 2.75) is 0 Å². The first-order chi connectivity index (χ1) is 2.00. The smallest absolute Gasteiger partial charge is 0.822 e. The summed E-state index contributed by atoms with van der Waals surface area (Å²) in [6, 6.07) is 0. The molecule has 0 rings (SSSR count). The Labute approximate surface area is 65.5 Å². The van der Waals surface area contributed by atoms with Gasteiger partial charge in [-0.2, -0.15) is 7.82 Å². The van der Waals surface area contributed by atoms with Crippen molar-refractivity contribution in [1.82, 2.24) is 0 Å². The first-order valence-electron chi connectivity index (χ1n) is 0.730. The summed E-state index contributed by atoms with van der Waals surface area (Å²) in [5.41, 5.74) is 0. The molecule has 0 aromatic heterocycles. The van der Waals surface area contributed by atoms with Gasteiger partial charge in [-0.25, -0.2) is 0 Å². The minimum Gasteiger partial charge on any atom is -0.822 e. The largest absolute Gasteiger partial charge is 2.00 e. The zero-order valence-corrected chi connectivity index (χ0v) is 7.65. The van der Waals surface area contributed by atoms with E-state index in [0.717, 1.165) is 0 Å². The number of hydrogen-bond donors (Lipinski definition) is 0. The van der Waals surface area contributed by atoms with Crippen molar-refractivity contribution < 1.29 is 57.6 Å². The van der Waals surface area contributed by atoms with E-state index in [0.29, 0.717) is 0 Å². The van der Waals surface area contributed by atoms with Gasteiger partial charge in [0, 0.05) is 0 Å². The maximum atomic E-state index is 8.55. The molecule has 0 N–H and O–H groups in total. The predicted molar refractivity (Wildman–Crippen MR) is 7.61 cm³/mol. The standard InChI is InChI=1S/Li.H3O4P.Zn/c;1-5(2,3)4;/h;(H3,1,2,3,4);/q+1;;+2/p-3. The third-order valence-corrected chi connectivity index (χ3v) is 0. The maximum Gasteiger partial charge on any atom is 2.00 e. The van der Waals surface area contributed by atoms with Crippen LogP contribution in [0.4, 0.5) is 0 Å². The molecule has 0 saturated carbocycles. The normalized spacial score (nSPS) is 8.43. The van der Waals surface area contributed by atoms with Crippen molar-refractivity contribution in [2.75, 3.05) is 0 Å². The van der Waals surface area contributed by atoms with Crippen LogP contribution in [0.1, 0.15) is 0 Å². The third kappa shape index (κ3) is 118.